The summed E-state index contributed by atoms with van der Waals surface area (Å²) in [5, 5.41) is 9.12. The number of rotatable bonds is 16. The number of esters is 1. The zero-order chi connectivity index (χ0) is 17.2. The maximum absolute atomic E-state index is 11.3. The lowest BCUT2D eigenvalue weighted by molar-refractivity contribution is -0.147. The van der Waals surface area contributed by atoms with E-state index in [1.165, 1.54) is 64.9 Å². The molecule has 1 atom stereocenters. The lowest BCUT2D eigenvalue weighted by Gasteiger charge is -2.10. The molecule has 0 heterocycles. The number of aliphatic hydroxyl groups excluding tert-OH is 1. The lowest BCUT2D eigenvalue weighted by atomic mass is 10.0. The molecule has 0 fully saturated rings. The van der Waals surface area contributed by atoms with Gasteiger partial charge in [0.2, 0.25) is 0 Å². The van der Waals surface area contributed by atoms with E-state index in [2.05, 4.69) is 23.8 Å². The van der Waals surface area contributed by atoms with Gasteiger partial charge in [0.05, 0.1) is 19.6 Å². The number of allylic oxidation sites excluding steroid dienone is 2. The van der Waals surface area contributed by atoms with E-state index in [1.807, 2.05) is 0 Å². The van der Waals surface area contributed by atoms with Crippen LogP contribution in [-0.2, 0) is 9.53 Å². The molecule has 23 heavy (non-hydrogen) atoms. The van der Waals surface area contributed by atoms with Crippen molar-refractivity contribution in [2.24, 2.45) is 5.92 Å². The Balaban J connectivity index is 3.32. The van der Waals surface area contributed by atoms with Crippen molar-refractivity contribution in [3.05, 3.63) is 12.2 Å². The molecule has 1 unspecified atom stereocenters. The molecule has 0 aromatic rings. The second-order valence-corrected chi connectivity index (χ2v) is 6.42. The third kappa shape index (κ3) is 14.5. The normalized spacial score (nSPS) is 12.7. The van der Waals surface area contributed by atoms with Crippen molar-refractivity contribution in [2.45, 2.75) is 90.4 Å². The lowest BCUT2D eigenvalue weighted by Crippen LogP contribution is -2.19. The Hall–Kier alpha value is -0.830. The molecule has 136 valence electrons. The zero-order valence-electron chi connectivity index (χ0n) is 15.4. The molecular weight excluding hydrogens is 288 g/mol. The summed E-state index contributed by atoms with van der Waals surface area (Å²) in [6.07, 6.45) is 20.5. The summed E-state index contributed by atoms with van der Waals surface area (Å²) in [6, 6.07) is 0. The van der Waals surface area contributed by atoms with E-state index >= 15 is 0 Å². The highest BCUT2D eigenvalue weighted by molar-refractivity contribution is 5.72. The molecular formula is C20H38O3. The number of hydrogen-bond donors (Lipinski definition) is 1. The molecule has 0 saturated heterocycles. The van der Waals surface area contributed by atoms with Gasteiger partial charge in [-0.2, -0.15) is 0 Å². The van der Waals surface area contributed by atoms with Gasteiger partial charge >= 0.3 is 5.97 Å². The first-order chi connectivity index (χ1) is 11.3. The van der Waals surface area contributed by atoms with Gasteiger partial charge in [-0.1, -0.05) is 70.4 Å². The van der Waals surface area contributed by atoms with Gasteiger partial charge in [-0.3, -0.25) is 4.79 Å². The molecule has 3 heteroatoms. The molecule has 0 rings (SSSR count). The third-order valence-electron chi connectivity index (χ3n) is 4.32. The standard InChI is InChI=1S/C20H38O3/c1-3-4-5-6-7-8-9-10-11-12-13-14-15-16-17-19(18-21)20(22)23-2/h10-11,19,21H,3-9,12-18H2,1-2H3/b11-10-. The van der Waals surface area contributed by atoms with E-state index in [1.54, 1.807) is 0 Å². The molecule has 0 aliphatic carbocycles. The van der Waals surface area contributed by atoms with E-state index in [0.717, 1.165) is 25.7 Å². The Bertz CT molecular complexity index is 287. The summed E-state index contributed by atoms with van der Waals surface area (Å²) in [7, 11) is 1.38. The number of unbranched alkanes of at least 4 members (excludes halogenated alkanes) is 10. The fraction of sp³-hybridized carbons (Fsp3) is 0.850. The summed E-state index contributed by atoms with van der Waals surface area (Å²) in [5.74, 6) is -0.623. The number of aliphatic hydroxyl groups is 1. The molecule has 0 aromatic carbocycles. The Morgan fingerprint density at radius 1 is 0.913 bits per heavy atom. The van der Waals surface area contributed by atoms with Crippen LogP contribution in [0, 0.1) is 5.92 Å². The van der Waals surface area contributed by atoms with Crippen molar-refractivity contribution in [3.63, 3.8) is 0 Å². The molecule has 0 aliphatic heterocycles. The van der Waals surface area contributed by atoms with Crippen LogP contribution in [0.25, 0.3) is 0 Å². The molecule has 0 radical (unpaired) electrons. The first-order valence-electron chi connectivity index (χ1n) is 9.59. The van der Waals surface area contributed by atoms with E-state index in [-0.39, 0.29) is 18.5 Å². The predicted molar refractivity (Wildman–Crippen MR) is 97.4 cm³/mol. The third-order valence-corrected chi connectivity index (χ3v) is 4.32. The minimum Gasteiger partial charge on any atom is -0.469 e. The van der Waals surface area contributed by atoms with Crippen LogP contribution < -0.4 is 0 Å². The molecule has 0 bridgehead atoms. The van der Waals surface area contributed by atoms with Crippen LogP contribution in [0.4, 0.5) is 0 Å². The van der Waals surface area contributed by atoms with Crippen molar-refractivity contribution < 1.29 is 14.6 Å². The van der Waals surface area contributed by atoms with Crippen molar-refractivity contribution in [1.82, 2.24) is 0 Å². The minimum atomic E-state index is -0.336. The first kappa shape index (κ1) is 22.2. The van der Waals surface area contributed by atoms with Crippen LogP contribution in [0.1, 0.15) is 90.4 Å². The quantitative estimate of drug-likeness (QED) is 0.234. The van der Waals surface area contributed by atoms with Crippen molar-refractivity contribution in [2.75, 3.05) is 13.7 Å². The SMILES string of the molecule is CCCCCCCC/C=C\CCCCCCC(CO)C(=O)OC. The van der Waals surface area contributed by atoms with Crippen LogP contribution in [-0.4, -0.2) is 24.8 Å². The average molecular weight is 327 g/mol. The van der Waals surface area contributed by atoms with Gasteiger partial charge in [0, 0.05) is 0 Å². The molecule has 0 amide bonds. The molecule has 1 N–H and O–H groups in total. The highest BCUT2D eigenvalue weighted by Gasteiger charge is 2.16. The largest absolute Gasteiger partial charge is 0.469 e. The highest BCUT2D eigenvalue weighted by Crippen LogP contribution is 2.13. The van der Waals surface area contributed by atoms with Gasteiger partial charge in [-0.25, -0.2) is 0 Å². The van der Waals surface area contributed by atoms with E-state index in [0.29, 0.717) is 0 Å². The maximum Gasteiger partial charge on any atom is 0.310 e. The predicted octanol–water partition coefficient (Wildman–Crippen LogP) is 5.42. The summed E-state index contributed by atoms with van der Waals surface area (Å²) >= 11 is 0. The molecule has 0 spiro atoms. The minimum absolute atomic E-state index is 0.103. The van der Waals surface area contributed by atoms with Gasteiger partial charge in [0.1, 0.15) is 0 Å². The summed E-state index contributed by atoms with van der Waals surface area (Å²) in [5.41, 5.74) is 0. The number of carbonyl (C=O) groups is 1. The Morgan fingerprint density at radius 2 is 1.43 bits per heavy atom. The van der Waals surface area contributed by atoms with Crippen LogP contribution in [0.5, 0.6) is 0 Å². The maximum atomic E-state index is 11.3. The number of ether oxygens (including phenoxy) is 1. The van der Waals surface area contributed by atoms with Crippen LogP contribution in [0.3, 0.4) is 0 Å². The molecule has 0 saturated carbocycles. The Morgan fingerprint density at radius 3 is 1.96 bits per heavy atom. The van der Waals surface area contributed by atoms with Gasteiger partial charge < -0.3 is 9.84 Å². The van der Waals surface area contributed by atoms with Crippen molar-refractivity contribution in [3.8, 4) is 0 Å². The summed E-state index contributed by atoms with van der Waals surface area (Å²) in [4.78, 5) is 11.3. The second kappa shape index (κ2) is 17.5. The van der Waals surface area contributed by atoms with Crippen molar-refractivity contribution >= 4 is 5.97 Å². The van der Waals surface area contributed by atoms with Gasteiger partial charge in [0.15, 0.2) is 0 Å². The van der Waals surface area contributed by atoms with Crippen LogP contribution >= 0.6 is 0 Å². The first-order valence-corrected chi connectivity index (χ1v) is 9.59. The number of carbonyl (C=O) groups excluding carboxylic acids is 1. The average Bonchev–Trinajstić information content (AvgIpc) is 2.58. The van der Waals surface area contributed by atoms with Gasteiger partial charge in [-0.15, -0.1) is 0 Å². The molecule has 3 nitrogen and oxygen atoms in total. The Labute approximate surface area is 143 Å². The molecule has 0 aromatic heterocycles. The van der Waals surface area contributed by atoms with Gasteiger partial charge in [-0.05, 0) is 32.1 Å². The van der Waals surface area contributed by atoms with E-state index in [4.69, 9.17) is 5.11 Å². The highest BCUT2D eigenvalue weighted by atomic mass is 16.5. The smallest absolute Gasteiger partial charge is 0.310 e. The summed E-state index contributed by atoms with van der Waals surface area (Å²) < 4.78 is 4.66. The fourth-order valence-electron chi connectivity index (χ4n) is 2.74. The topological polar surface area (TPSA) is 46.5 Å². The van der Waals surface area contributed by atoms with Crippen LogP contribution in [0.2, 0.25) is 0 Å². The number of methoxy groups -OCH3 is 1. The van der Waals surface area contributed by atoms with Crippen LogP contribution in [0.15, 0.2) is 12.2 Å². The van der Waals surface area contributed by atoms with E-state index < -0.39 is 0 Å². The molecule has 0 aliphatic rings. The second-order valence-electron chi connectivity index (χ2n) is 6.42. The zero-order valence-corrected chi connectivity index (χ0v) is 15.4. The number of hydrogen-bond acceptors (Lipinski definition) is 3. The van der Waals surface area contributed by atoms with E-state index in [9.17, 15) is 4.79 Å². The van der Waals surface area contributed by atoms with Crippen molar-refractivity contribution in [1.29, 1.82) is 0 Å². The summed E-state index contributed by atoms with van der Waals surface area (Å²) in [6.45, 7) is 2.15. The fourth-order valence-corrected chi connectivity index (χ4v) is 2.74. The monoisotopic (exact) mass is 326 g/mol. The van der Waals surface area contributed by atoms with Gasteiger partial charge in [0.25, 0.3) is 0 Å². The Kier molecular flexibility index (Phi) is 16.9.